The summed E-state index contributed by atoms with van der Waals surface area (Å²) in [6.07, 6.45) is 0. The summed E-state index contributed by atoms with van der Waals surface area (Å²) in [6.45, 7) is 0. The maximum Gasteiger partial charge on any atom is 2.00 e. The molecule has 0 aliphatic carbocycles. The van der Waals surface area contributed by atoms with Crippen molar-refractivity contribution in [3.8, 4) is 0 Å². The topological polar surface area (TPSA) is 153 Å². The van der Waals surface area contributed by atoms with Gasteiger partial charge < -0.3 is 35.7 Å². The maximum atomic E-state index is 8.25. The molecule has 0 fully saturated rings. The van der Waals surface area contributed by atoms with Gasteiger partial charge in [0.15, 0.2) is 0 Å². The summed E-state index contributed by atoms with van der Waals surface area (Å²) < 4.78 is 0. The van der Waals surface area contributed by atoms with Crippen molar-refractivity contribution >= 4 is 0 Å². The van der Waals surface area contributed by atoms with Crippen LogP contribution in [-0.2, 0) is 21.1 Å². The Morgan fingerprint density at radius 2 is 0.909 bits per heavy atom. The third-order valence-corrected chi connectivity index (χ3v) is 0. The van der Waals surface area contributed by atoms with Crippen molar-refractivity contribution < 1.29 is 36.3 Å². The van der Waals surface area contributed by atoms with E-state index in [0.717, 1.165) is 7.11 Å². The molecule has 0 aromatic carbocycles. The van der Waals surface area contributed by atoms with Crippen molar-refractivity contribution in [2.24, 2.45) is 0 Å². The predicted molar refractivity (Wildman–Crippen MR) is 28.9 cm³/mol. The van der Waals surface area contributed by atoms with E-state index in [1.165, 1.54) is 0 Å². The number of aliphatic hydroxyl groups is 1. The van der Waals surface area contributed by atoms with Gasteiger partial charge in [0.05, 0.1) is 10.2 Å². The van der Waals surface area contributed by atoms with E-state index in [0.29, 0.717) is 0 Å². The zero-order chi connectivity index (χ0) is 9.15. The third kappa shape index (κ3) is 496. The summed E-state index contributed by atoms with van der Waals surface area (Å²) in [7, 11) is 1.00. The largest absolute Gasteiger partial charge is 2.00 e. The summed E-state index contributed by atoms with van der Waals surface area (Å²) in [5, 5.41) is 36.5. The van der Waals surface area contributed by atoms with Crippen molar-refractivity contribution in [2.75, 3.05) is 7.11 Å². The fraction of sp³-hybridized carbons (Fsp3) is 1.00. The summed E-state index contributed by atoms with van der Waals surface area (Å²) in [5.41, 5.74) is 0. The summed E-state index contributed by atoms with van der Waals surface area (Å²) in [4.78, 5) is 16.5. The first-order chi connectivity index (χ1) is 4.46. The van der Waals surface area contributed by atoms with E-state index in [9.17, 15) is 0 Å². The van der Waals surface area contributed by atoms with Gasteiger partial charge in [-0.25, -0.2) is 0 Å². The van der Waals surface area contributed by atoms with Crippen molar-refractivity contribution in [3.63, 3.8) is 0 Å². The number of hydrogen-bond donors (Lipinski definition) is 1. The third-order valence-electron chi connectivity index (χ3n) is 0. The van der Waals surface area contributed by atoms with Gasteiger partial charge in [-0.2, -0.15) is 0 Å². The Hall–Kier alpha value is -0.952. The Morgan fingerprint density at radius 1 is 0.909 bits per heavy atom. The molecule has 0 atom stereocenters. The molecule has 70 valence electrons. The van der Waals surface area contributed by atoms with Crippen molar-refractivity contribution in [2.45, 2.75) is 0 Å². The zero-order valence-electron chi connectivity index (χ0n) is 5.11. The van der Waals surface area contributed by atoms with Gasteiger partial charge in [-0.3, -0.25) is 0 Å². The minimum Gasteiger partial charge on any atom is -0.400 e. The molecule has 10 heteroatoms. The Morgan fingerprint density at radius 3 is 0.909 bits per heavy atom. The van der Waals surface area contributed by atoms with Crippen LogP contribution in [-0.4, -0.2) is 22.4 Å². The van der Waals surface area contributed by atoms with Gasteiger partial charge in [-0.05, 0) is 0 Å². The quantitative estimate of drug-likeness (QED) is 0.439. The molecular weight excluding hydrogens is 347 g/mol. The van der Waals surface area contributed by atoms with Gasteiger partial charge >= 0.3 is 21.1 Å². The van der Waals surface area contributed by atoms with Gasteiger partial charge in [-0.1, -0.05) is 0 Å². The Balaban J connectivity index is -0.0000000339. The molecule has 0 saturated carbocycles. The first kappa shape index (κ1) is 22.5. The first-order valence-electron chi connectivity index (χ1n) is 1.54. The minimum absolute atomic E-state index is 0. The van der Waals surface area contributed by atoms with E-state index < -0.39 is 10.2 Å². The molecule has 9 nitrogen and oxygen atoms in total. The van der Waals surface area contributed by atoms with E-state index in [4.69, 9.17) is 35.7 Å². The Bertz CT molecular complexity index is 74.4. The SMILES string of the molecule is CO.O=[N+]([O-])[O-].O=[N+]([O-])[O-].[Pt+2]. The molecule has 0 radical (unpaired) electrons. The Kier molecular flexibility index (Phi) is 47.0. The molecular formula is CH4N2O7Pt. The molecule has 1 N–H and O–H groups in total. The molecule has 0 aliphatic rings. The van der Waals surface area contributed by atoms with Crippen LogP contribution in [0.15, 0.2) is 0 Å². The van der Waals surface area contributed by atoms with E-state index >= 15 is 0 Å². The molecule has 0 heterocycles. The molecule has 0 aromatic heterocycles. The summed E-state index contributed by atoms with van der Waals surface area (Å²) in [6, 6.07) is 0. The van der Waals surface area contributed by atoms with E-state index in [-0.39, 0.29) is 21.1 Å². The Labute approximate surface area is 74.7 Å². The monoisotopic (exact) mass is 351 g/mol. The number of aliphatic hydroxyl groups excluding tert-OH is 1. The zero-order valence-corrected chi connectivity index (χ0v) is 7.38. The van der Waals surface area contributed by atoms with E-state index in [1.807, 2.05) is 0 Å². The second-order valence-electron chi connectivity index (χ2n) is 0.447. The molecule has 0 saturated heterocycles. The first-order valence-corrected chi connectivity index (χ1v) is 1.54. The standard InChI is InChI=1S/CH4O.2NO3.Pt/c1-2;2*2-1(3)4;/h2H,1H3;;;/q;2*-1;+2. The van der Waals surface area contributed by atoms with Gasteiger partial charge in [0.25, 0.3) is 0 Å². The molecule has 0 unspecified atom stereocenters. The van der Waals surface area contributed by atoms with Gasteiger partial charge in [-0.15, -0.1) is 0 Å². The van der Waals surface area contributed by atoms with E-state index in [1.54, 1.807) is 0 Å². The molecule has 0 amide bonds. The molecule has 0 rings (SSSR count). The molecule has 11 heavy (non-hydrogen) atoms. The van der Waals surface area contributed by atoms with Crippen LogP contribution in [0.4, 0.5) is 0 Å². The number of nitrogens with zero attached hydrogens (tertiary/aromatic N) is 2. The second kappa shape index (κ2) is 23.0. The van der Waals surface area contributed by atoms with Crippen LogP contribution < -0.4 is 0 Å². The molecule has 0 bridgehead atoms. The van der Waals surface area contributed by atoms with Crippen LogP contribution in [0, 0.1) is 30.6 Å². The van der Waals surface area contributed by atoms with Gasteiger partial charge in [0.2, 0.25) is 0 Å². The summed E-state index contributed by atoms with van der Waals surface area (Å²) >= 11 is 0. The normalized spacial score (nSPS) is 4.91. The number of rotatable bonds is 0. The van der Waals surface area contributed by atoms with Crippen molar-refractivity contribution in [1.29, 1.82) is 0 Å². The summed E-state index contributed by atoms with van der Waals surface area (Å²) in [5.74, 6) is 0. The van der Waals surface area contributed by atoms with Crippen LogP contribution in [0.5, 0.6) is 0 Å². The van der Waals surface area contributed by atoms with Crippen molar-refractivity contribution in [1.82, 2.24) is 0 Å². The fourth-order valence-corrected chi connectivity index (χ4v) is 0. The van der Waals surface area contributed by atoms with Crippen LogP contribution in [0.3, 0.4) is 0 Å². The van der Waals surface area contributed by atoms with Crippen LogP contribution in [0.25, 0.3) is 0 Å². The molecule has 0 aromatic rings. The van der Waals surface area contributed by atoms with E-state index in [2.05, 4.69) is 0 Å². The van der Waals surface area contributed by atoms with Crippen LogP contribution >= 0.6 is 0 Å². The molecule has 0 spiro atoms. The fourth-order valence-electron chi connectivity index (χ4n) is 0. The smallest absolute Gasteiger partial charge is 0.400 e. The predicted octanol–water partition coefficient (Wildman–Crippen LogP) is -0.872. The van der Waals surface area contributed by atoms with Gasteiger partial charge in [0.1, 0.15) is 0 Å². The number of hydrogen-bond acceptors (Lipinski definition) is 7. The minimum atomic E-state index is -1.75. The van der Waals surface area contributed by atoms with Crippen molar-refractivity contribution in [3.05, 3.63) is 30.6 Å². The second-order valence-corrected chi connectivity index (χ2v) is 0.447. The molecule has 0 aliphatic heterocycles. The average Bonchev–Trinajstić information content (AvgIpc) is 1.66. The average molecular weight is 351 g/mol. The van der Waals surface area contributed by atoms with Crippen LogP contribution in [0.1, 0.15) is 0 Å². The van der Waals surface area contributed by atoms with Gasteiger partial charge in [0, 0.05) is 7.11 Å². The van der Waals surface area contributed by atoms with Crippen LogP contribution in [0.2, 0.25) is 0 Å². The maximum absolute atomic E-state index is 8.25.